The fourth-order valence-electron chi connectivity index (χ4n) is 2.20. The Morgan fingerprint density at radius 1 is 1.41 bits per heavy atom. The molecule has 0 aromatic rings. The van der Waals surface area contributed by atoms with Crippen LogP contribution in [0.3, 0.4) is 0 Å². The summed E-state index contributed by atoms with van der Waals surface area (Å²) < 4.78 is 11.8. The van der Waals surface area contributed by atoms with Gasteiger partial charge in [0.1, 0.15) is 5.75 Å². The van der Waals surface area contributed by atoms with Crippen LogP contribution in [0.5, 0.6) is 0 Å². The third-order valence-electron chi connectivity index (χ3n) is 3.30. The minimum Gasteiger partial charge on any atom is -0.345 e. The van der Waals surface area contributed by atoms with Crippen molar-refractivity contribution in [3.05, 3.63) is 0 Å². The average Bonchev–Trinajstić information content (AvgIpc) is 2.78. The van der Waals surface area contributed by atoms with E-state index in [1.54, 1.807) is 11.9 Å². The van der Waals surface area contributed by atoms with Crippen molar-refractivity contribution in [2.45, 2.75) is 32.1 Å². The predicted molar refractivity (Wildman–Crippen MR) is 71.1 cm³/mol. The van der Waals surface area contributed by atoms with Gasteiger partial charge in [-0.2, -0.15) is 0 Å². The van der Waals surface area contributed by atoms with Crippen molar-refractivity contribution >= 4 is 16.7 Å². The molecular formula is C12H24N2O2S. The molecule has 0 heterocycles. The van der Waals surface area contributed by atoms with Crippen molar-refractivity contribution in [1.82, 2.24) is 4.90 Å². The van der Waals surface area contributed by atoms with E-state index >= 15 is 0 Å². The lowest BCUT2D eigenvalue weighted by molar-refractivity contribution is -0.127. The molecule has 1 fully saturated rings. The molecule has 1 amide bonds. The highest BCUT2D eigenvalue weighted by atomic mass is 32.2. The summed E-state index contributed by atoms with van der Waals surface area (Å²) in [4.78, 5) is 13.4. The number of amides is 1. The molecule has 1 aliphatic rings. The summed E-state index contributed by atoms with van der Waals surface area (Å²) in [5, 5.41) is 0. The molecule has 0 spiro atoms. The lowest BCUT2D eigenvalue weighted by Gasteiger charge is -2.17. The van der Waals surface area contributed by atoms with Crippen molar-refractivity contribution in [3.63, 3.8) is 0 Å². The molecule has 1 rings (SSSR count). The van der Waals surface area contributed by atoms with E-state index in [1.165, 1.54) is 25.7 Å². The van der Waals surface area contributed by atoms with E-state index in [4.69, 9.17) is 5.73 Å². The minimum absolute atomic E-state index is 0.0187. The fourth-order valence-corrected chi connectivity index (χ4v) is 3.67. The average molecular weight is 260 g/mol. The molecule has 1 saturated carbocycles. The number of hydrogen-bond acceptors (Lipinski definition) is 3. The number of carbonyl (C=O) groups excluding carboxylic acids is 1. The van der Waals surface area contributed by atoms with Crippen LogP contribution in [0.4, 0.5) is 0 Å². The van der Waals surface area contributed by atoms with Crippen LogP contribution in [0.25, 0.3) is 0 Å². The summed E-state index contributed by atoms with van der Waals surface area (Å²) in [6, 6.07) is 0. The third kappa shape index (κ3) is 5.64. The molecular weight excluding hydrogens is 236 g/mol. The van der Waals surface area contributed by atoms with Crippen LogP contribution < -0.4 is 5.73 Å². The summed E-state index contributed by atoms with van der Waals surface area (Å²) in [6.45, 7) is 1.25. The van der Waals surface area contributed by atoms with Gasteiger partial charge in [-0.05, 0) is 31.7 Å². The highest BCUT2D eigenvalue weighted by molar-refractivity contribution is 7.85. The predicted octanol–water partition coefficient (Wildman–Crippen LogP) is 0.733. The Labute approximate surface area is 106 Å². The first-order valence-corrected chi connectivity index (χ1v) is 7.91. The Balaban J connectivity index is 2.22. The maximum absolute atomic E-state index is 11.8. The molecule has 0 aromatic carbocycles. The number of nitrogens with two attached hydrogens (primary N) is 1. The minimum atomic E-state index is -0.989. The van der Waals surface area contributed by atoms with Gasteiger partial charge in [-0.1, -0.05) is 12.8 Å². The van der Waals surface area contributed by atoms with Gasteiger partial charge in [-0.15, -0.1) is 0 Å². The maximum atomic E-state index is 11.8. The largest absolute Gasteiger partial charge is 0.345 e. The molecule has 0 bridgehead atoms. The highest BCUT2D eigenvalue weighted by Gasteiger charge is 2.20. The zero-order chi connectivity index (χ0) is 12.7. The van der Waals surface area contributed by atoms with E-state index in [9.17, 15) is 9.00 Å². The molecule has 0 aliphatic heterocycles. The molecule has 17 heavy (non-hydrogen) atoms. The molecule has 2 N–H and O–H groups in total. The second-order valence-corrected chi connectivity index (χ2v) is 6.36. The van der Waals surface area contributed by atoms with Gasteiger partial charge in [0.25, 0.3) is 0 Å². The van der Waals surface area contributed by atoms with Crippen LogP contribution in [-0.4, -0.2) is 46.7 Å². The highest BCUT2D eigenvalue weighted by Crippen LogP contribution is 2.25. The summed E-state index contributed by atoms with van der Waals surface area (Å²) in [7, 11) is 0.766. The van der Waals surface area contributed by atoms with Crippen LogP contribution in [0.1, 0.15) is 32.1 Å². The topological polar surface area (TPSA) is 63.4 Å². The Morgan fingerprint density at radius 2 is 2.06 bits per heavy atom. The Hall–Kier alpha value is -0.420. The second kappa shape index (κ2) is 7.82. The molecule has 5 heteroatoms. The Bertz CT molecular complexity index is 265. The van der Waals surface area contributed by atoms with Crippen LogP contribution in [0.2, 0.25) is 0 Å². The normalized spacial score (nSPS) is 18.2. The maximum Gasteiger partial charge on any atom is 0.234 e. The molecule has 0 radical (unpaired) electrons. The Morgan fingerprint density at radius 3 is 2.65 bits per heavy atom. The number of rotatable bonds is 7. The van der Waals surface area contributed by atoms with Gasteiger partial charge in [0, 0.05) is 30.1 Å². The molecule has 0 aromatic heterocycles. The number of nitrogens with zero attached hydrogens (tertiary/aromatic N) is 1. The van der Waals surface area contributed by atoms with Gasteiger partial charge in [0.15, 0.2) is 0 Å². The molecule has 1 aliphatic carbocycles. The zero-order valence-corrected chi connectivity index (χ0v) is 11.5. The summed E-state index contributed by atoms with van der Waals surface area (Å²) in [5.41, 5.74) is 5.39. The molecule has 0 saturated heterocycles. The van der Waals surface area contributed by atoms with E-state index in [1.807, 2.05) is 0 Å². The van der Waals surface area contributed by atoms with Crippen molar-refractivity contribution in [2.24, 2.45) is 11.7 Å². The summed E-state index contributed by atoms with van der Waals surface area (Å²) in [5.74, 6) is 1.45. The van der Waals surface area contributed by atoms with Gasteiger partial charge < -0.3 is 10.6 Å². The number of hydrogen-bond donors (Lipinski definition) is 1. The van der Waals surface area contributed by atoms with E-state index < -0.39 is 10.8 Å². The van der Waals surface area contributed by atoms with Gasteiger partial charge in [-0.25, -0.2) is 0 Å². The van der Waals surface area contributed by atoms with Gasteiger partial charge in [-0.3, -0.25) is 9.00 Å². The van der Waals surface area contributed by atoms with Gasteiger partial charge in [0.2, 0.25) is 5.91 Å². The van der Waals surface area contributed by atoms with Gasteiger partial charge >= 0.3 is 0 Å². The third-order valence-corrected chi connectivity index (χ3v) is 4.72. The smallest absolute Gasteiger partial charge is 0.234 e. The monoisotopic (exact) mass is 260 g/mol. The first-order valence-electron chi connectivity index (χ1n) is 6.42. The lowest BCUT2D eigenvalue weighted by Crippen LogP contribution is -2.33. The van der Waals surface area contributed by atoms with Crippen LogP contribution in [0.15, 0.2) is 0 Å². The van der Waals surface area contributed by atoms with Crippen molar-refractivity contribution in [3.8, 4) is 0 Å². The molecule has 4 nitrogen and oxygen atoms in total. The number of carbonyl (C=O) groups is 1. The molecule has 1 atom stereocenters. The molecule has 100 valence electrons. The Kier molecular flexibility index (Phi) is 6.73. The van der Waals surface area contributed by atoms with E-state index in [-0.39, 0.29) is 11.7 Å². The SMILES string of the molecule is CN(CCCN)C(=O)CS(=O)CC1CCCC1. The van der Waals surface area contributed by atoms with Crippen molar-refractivity contribution in [1.29, 1.82) is 0 Å². The first-order chi connectivity index (χ1) is 8.13. The van der Waals surface area contributed by atoms with Crippen molar-refractivity contribution < 1.29 is 9.00 Å². The summed E-state index contributed by atoms with van der Waals surface area (Å²) >= 11 is 0. The molecule has 1 unspecified atom stereocenters. The van der Waals surface area contributed by atoms with E-state index in [2.05, 4.69) is 0 Å². The first kappa shape index (κ1) is 14.6. The zero-order valence-electron chi connectivity index (χ0n) is 10.7. The lowest BCUT2D eigenvalue weighted by atomic mass is 10.1. The summed E-state index contributed by atoms with van der Waals surface area (Å²) in [6.07, 6.45) is 5.68. The van der Waals surface area contributed by atoms with Crippen LogP contribution >= 0.6 is 0 Å². The quantitative estimate of drug-likeness (QED) is 0.734. The van der Waals surface area contributed by atoms with Crippen molar-refractivity contribution in [2.75, 3.05) is 31.6 Å². The van der Waals surface area contributed by atoms with E-state index in [0.717, 1.165) is 6.42 Å². The van der Waals surface area contributed by atoms with E-state index in [0.29, 0.717) is 24.8 Å². The van der Waals surface area contributed by atoms with Crippen LogP contribution in [0, 0.1) is 5.92 Å². The fraction of sp³-hybridized carbons (Fsp3) is 0.917. The van der Waals surface area contributed by atoms with Gasteiger partial charge in [0.05, 0.1) is 0 Å². The second-order valence-electron chi connectivity index (χ2n) is 4.86. The standard InChI is InChI=1S/C12H24N2O2S/c1-14(8-4-7-13)12(15)10-17(16)9-11-5-2-3-6-11/h11H,2-10,13H2,1H3. The van der Waals surface area contributed by atoms with Crippen LogP contribution in [-0.2, 0) is 15.6 Å².